The summed E-state index contributed by atoms with van der Waals surface area (Å²) >= 11 is 5.17. The van der Waals surface area contributed by atoms with Gasteiger partial charge in [-0.15, -0.1) is 0 Å². The highest BCUT2D eigenvalue weighted by Gasteiger charge is 2.38. The number of anilines is 2. The van der Waals surface area contributed by atoms with Crippen LogP contribution in [0, 0.1) is 5.92 Å². The second-order valence-corrected chi connectivity index (χ2v) is 7.02. The van der Waals surface area contributed by atoms with E-state index in [4.69, 9.17) is 12.2 Å². The number of hydrogen-bond acceptors (Lipinski definition) is 4. The molecule has 0 aromatic heterocycles. The summed E-state index contributed by atoms with van der Waals surface area (Å²) in [6, 6.07) is 13.7. The summed E-state index contributed by atoms with van der Waals surface area (Å²) in [6.45, 7) is 3.87. The lowest BCUT2D eigenvalue weighted by molar-refractivity contribution is -0.120. The number of nitrogens with one attached hydrogen (secondary N) is 2. The highest BCUT2D eigenvalue weighted by molar-refractivity contribution is 7.80. The summed E-state index contributed by atoms with van der Waals surface area (Å²) < 4.78 is 0. The van der Waals surface area contributed by atoms with E-state index in [1.807, 2.05) is 19.9 Å². The van der Waals surface area contributed by atoms with Crippen LogP contribution in [0.1, 0.15) is 41.0 Å². The highest BCUT2D eigenvalue weighted by Crippen LogP contribution is 2.32. The minimum atomic E-state index is -0.430. The molecule has 7 heteroatoms. The third-order valence-electron chi connectivity index (χ3n) is 4.02. The first-order valence-corrected chi connectivity index (χ1v) is 8.97. The maximum Gasteiger partial charge on any atom is 0.268 e. The fraction of sp³-hybridized carbons (Fsp3) is 0.200. The van der Waals surface area contributed by atoms with Crippen LogP contribution in [0.25, 0.3) is 0 Å². The summed E-state index contributed by atoms with van der Waals surface area (Å²) in [5.41, 5.74) is 1.43. The average molecular weight is 381 g/mol. The molecule has 1 aliphatic heterocycles. The molecule has 1 heterocycles. The van der Waals surface area contributed by atoms with Crippen LogP contribution in [0.15, 0.2) is 48.5 Å². The summed E-state index contributed by atoms with van der Waals surface area (Å²) in [5, 5.41) is 5.55. The largest absolute Gasteiger partial charge is 0.332 e. The molecular weight excluding hydrogens is 362 g/mol. The number of thiocarbonyl (C=S) groups is 1. The topological polar surface area (TPSA) is 78.5 Å². The Balaban J connectivity index is 1.84. The molecule has 0 saturated heterocycles. The summed E-state index contributed by atoms with van der Waals surface area (Å²) in [5.74, 6) is -0.823. The Morgan fingerprint density at radius 1 is 1.04 bits per heavy atom. The van der Waals surface area contributed by atoms with Crippen LogP contribution >= 0.6 is 12.2 Å². The van der Waals surface area contributed by atoms with Gasteiger partial charge in [0.1, 0.15) is 0 Å². The number of benzene rings is 2. The maximum absolute atomic E-state index is 12.9. The van der Waals surface area contributed by atoms with Crippen molar-refractivity contribution in [3.63, 3.8) is 0 Å². The summed E-state index contributed by atoms with van der Waals surface area (Å²) in [7, 11) is 0. The molecule has 0 bridgehead atoms. The number of amides is 3. The normalized spacial score (nSPS) is 12.9. The lowest BCUT2D eigenvalue weighted by Crippen LogP contribution is -2.35. The van der Waals surface area contributed by atoms with Crippen molar-refractivity contribution in [3.05, 3.63) is 59.7 Å². The van der Waals surface area contributed by atoms with Gasteiger partial charge in [-0.2, -0.15) is 0 Å². The summed E-state index contributed by atoms with van der Waals surface area (Å²) in [6.07, 6.45) is 0.341. The van der Waals surface area contributed by atoms with E-state index in [0.29, 0.717) is 23.4 Å². The van der Waals surface area contributed by atoms with Gasteiger partial charge in [0.2, 0.25) is 5.91 Å². The zero-order valence-corrected chi connectivity index (χ0v) is 15.8. The first-order chi connectivity index (χ1) is 12.9. The Kier molecular flexibility index (Phi) is 5.32. The Bertz CT molecular complexity index is 925. The molecular formula is C20H19N3O3S. The monoisotopic (exact) mass is 381 g/mol. The van der Waals surface area contributed by atoms with Gasteiger partial charge in [0.15, 0.2) is 5.11 Å². The number of nitrogens with zero attached hydrogens (tertiary/aromatic N) is 1. The molecule has 2 aromatic carbocycles. The second kappa shape index (κ2) is 7.67. The van der Waals surface area contributed by atoms with Crippen molar-refractivity contribution in [1.29, 1.82) is 0 Å². The molecule has 0 spiro atoms. The first-order valence-electron chi connectivity index (χ1n) is 8.56. The van der Waals surface area contributed by atoms with Crippen LogP contribution in [0.2, 0.25) is 0 Å². The Labute approximate surface area is 162 Å². The zero-order chi connectivity index (χ0) is 19.6. The van der Waals surface area contributed by atoms with Crippen molar-refractivity contribution in [2.75, 3.05) is 10.2 Å². The molecule has 0 radical (unpaired) electrons. The molecule has 0 saturated carbocycles. The fourth-order valence-electron chi connectivity index (χ4n) is 2.90. The van der Waals surface area contributed by atoms with Crippen LogP contribution in [0.5, 0.6) is 0 Å². The number of fused-ring (bicyclic) bond motifs is 1. The molecule has 1 aliphatic rings. The van der Waals surface area contributed by atoms with Gasteiger partial charge >= 0.3 is 0 Å². The van der Waals surface area contributed by atoms with Gasteiger partial charge in [-0.3, -0.25) is 14.4 Å². The number of carbonyl (C=O) groups is 3. The van der Waals surface area contributed by atoms with Crippen LogP contribution < -0.4 is 15.5 Å². The molecule has 2 N–H and O–H groups in total. The minimum absolute atomic E-state index is 0.0902. The van der Waals surface area contributed by atoms with E-state index in [2.05, 4.69) is 10.6 Å². The zero-order valence-electron chi connectivity index (χ0n) is 15.0. The Morgan fingerprint density at radius 2 is 1.74 bits per heavy atom. The van der Waals surface area contributed by atoms with Gasteiger partial charge in [0.05, 0.1) is 22.5 Å². The van der Waals surface area contributed by atoms with Gasteiger partial charge in [-0.05, 0) is 42.4 Å². The van der Waals surface area contributed by atoms with E-state index in [1.165, 1.54) is 0 Å². The fourth-order valence-corrected chi connectivity index (χ4v) is 3.13. The Morgan fingerprint density at radius 3 is 2.41 bits per heavy atom. The smallest absolute Gasteiger partial charge is 0.268 e. The van der Waals surface area contributed by atoms with Crippen LogP contribution in [-0.4, -0.2) is 22.8 Å². The van der Waals surface area contributed by atoms with E-state index in [0.717, 1.165) is 4.90 Å². The average Bonchev–Trinajstić information content (AvgIpc) is 2.86. The predicted molar refractivity (Wildman–Crippen MR) is 108 cm³/mol. The molecule has 0 atom stereocenters. The van der Waals surface area contributed by atoms with Gasteiger partial charge < -0.3 is 10.6 Å². The van der Waals surface area contributed by atoms with E-state index in [-0.39, 0.29) is 28.4 Å². The van der Waals surface area contributed by atoms with Crippen LogP contribution in [0.4, 0.5) is 11.4 Å². The van der Waals surface area contributed by atoms with Crippen molar-refractivity contribution >= 4 is 46.4 Å². The second-order valence-electron chi connectivity index (χ2n) is 6.61. The molecule has 27 heavy (non-hydrogen) atoms. The van der Waals surface area contributed by atoms with Gasteiger partial charge in [-0.1, -0.05) is 38.1 Å². The number of carbonyl (C=O) groups excluding carboxylic acids is 3. The molecule has 138 valence electrons. The quantitative estimate of drug-likeness (QED) is 0.627. The first kappa shape index (κ1) is 18.7. The van der Waals surface area contributed by atoms with Gasteiger partial charge in [-0.25, -0.2) is 4.90 Å². The molecule has 6 nitrogen and oxygen atoms in total. The third kappa shape index (κ3) is 3.88. The SMILES string of the molecule is CC(C)CC(=O)NC(=S)Nc1cccc2c1C(=O)N(c1ccccc1)C2=O. The van der Waals surface area contributed by atoms with E-state index in [1.54, 1.807) is 42.5 Å². The van der Waals surface area contributed by atoms with Gasteiger partial charge in [0, 0.05) is 6.42 Å². The molecule has 3 rings (SSSR count). The lowest BCUT2D eigenvalue weighted by atomic mass is 10.1. The standard InChI is InChI=1S/C20H19N3O3S/c1-12(2)11-16(24)22-20(27)21-15-10-6-9-14-17(15)19(26)23(18(14)25)13-7-4-3-5-8-13/h3-10,12H,11H2,1-2H3,(H2,21,22,24,27). The van der Waals surface area contributed by atoms with E-state index >= 15 is 0 Å². The molecule has 0 fully saturated rings. The molecule has 2 aromatic rings. The van der Waals surface area contributed by atoms with E-state index < -0.39 is 5.91 Å². The van der Waals surface area contributed by atoms with E-state index in [9.17, 15) is 14.4 Å². The number of para-hydroxylation sites is 1. The molecule has 3 amide bonds. The number of rotatable bonds is 4. The lowest BCUT2D eigenvalue weighted by Gasteiger charge is -2.14. The van der Waals surface area contributed by atoms with Crippen molar-refractivity contribution in [3.8, 4) is 0 Å². The molecule has 0 unspecified atom stereocenters. The number of hydrogen-bond donors (Lipinski definition) is 2. The van der Waals surface area contributed by atoms with Crippen molar-refractivity contribution in [1.82, 2.24) is 5.32 Å². The number of imide groups is 1. The minimum Gasteiger partial charge on any atom is -0.332 e. The van der Waals surface area contributed by atoms with Crippen molar-refractivity contribution in [2.45, 2.75) is 20.3 Å². The van der Waals surface area contributed by atoms with Crippen LogP contribution in [0.3, 0.4) is 0 Å². The van der Waals surface area contributed by atoms with Crippen molar-refractivity contribution < 1.29 is 14.4 Å². The summed E-state index contributed by atoms with van der Waals surface area (Å²) in [4.78, 5) is 38.6. The Hall–Kier alpha value is -3.06. The highest BCUT2D eigenvalue weighted by atomic mass is 32.1. The maximum atomic E-state index is 12.9. The van der Waals surface area contributed by atoms with Gasteiger partial charge in [0.25, 0.3) is 11.8 Å². The third-order valence-corrected chi connectivity index (χ3v) is 4.23. The molecule has 0 aliphatic carbocycles. The van der Waals surface area contributed by atoms with Crippen molar-refractivity contribution in [2.24, 2.45) is 5.92 Å². The van der Waals surface area contributed by atoms with Crippen LogP contribution in [-0.2, 0) is 4.79 Å². The predicted octanol–water partition coefficient (Wildman–Crippen LogP) is 3.35.